The van der Waals surface area contributed by atoms with Gasteiger partial charge in [0, 0.05) is 31.3 Å². The molecule has 20 heavy (non-hydrogen) atoms. The van der Waals surface area contributed by atoms with Crippen molar-refractivity contribution in [3.63, 3.8) is 0 Å². The van der Waals surface area contributed by atoms with Gasteiger partial charge in [0.1, 0.15) is 0 Å². The van der Waals surface area contributed by atoms with Gasteiger partial charge in [0.15, 0.2) is 11.6 Å². The number of hydrogen-bond acceptors (Lipinski definition) is 3. The fourth-order valence-electron chi connectivity index (χ4n) is 3.77. The number of methoxy groups -OCH3 is 1. The summed E-state index contributed by atoms with van der Waals surface area (Å²) in [5.41, 5.74) is 2.16. The molecule has 1 saturated carbocycles. The Kier molecular flexibility index (Phi) is 3.48. The zero-order chi connectivity index (χ0) is 14.2. The van der Waals surface area contributed by atoms with Crippen LogP contribution in [0.2, 0.25) is 0 Å². The average molecular weight is 278 g/mol. The molecule has 110 valence electrons. The van der Waals surface area contributed by atoms with Gasteiger partial charge in [-0.25, -0.2) is 4.39 Å². The minimum Gasteiger partial charge on any atom is -0.494 e. The van der Waals surface area contributed by atoms with Crippen molar-refractivity contribution in [2.45, 2.75) is 44.1 Å². The van der Waals surface area contributed by atoms with E-state index < -0.39 is 0 Å². The lowest BCUT2D eigenvalue weighted by Gasteiger charge is -2.45. The second kappa shape index (κ2) is 5.15. The SMILES string of the molecule is COc1cc2c(cc1F)NCCC1(CCCCC1)N2C. The highest BCUT2D eigenvalue weighted by Gasteiger charge is 2.38. The van der Waals surface area contributed by atoms with E-state index in [1.807, 2.05) is 6.07 Å². The molecular formula is C16H23FN2O. The highest BCUT2D eigenvalue weighted by Crippen LogP contribution is 2.44. The van der Waals surface area contributed by atoms with Crippen LogP contribution in [0.3, 0.4) is 0 Å². The largest absolute Gasteiger partial charge is 0.494 e. The summed E-state index contributed by atoms with van der Waals surface area (Å²) >= 11 is 0. The number of fused-ring (bicyclic) bond motifs is 1. The minimum atomic E-state index is -0.299. The van der Waals surface area contributed by atoms with E-state index in [0.717, 1.165) is 24.3 Å². The van der Waals surface area contributed by atoms with Crippen LogP contribution in [0.15, 0.2) is 12.1 Å². The summed E-state index contributed by atoms with van der Waals surface area (Å²) < 4.78 is 19.0. The summed E-state index contributed by atoms with van der Waals surface area (Å²) in [7, 11) is 3.67. The first kappa shape index (κ1) is 13.5. The molecule has 2 aliphatic rings. The van der Waals surface area contributed by atoms with Crippen molar-refractivity contribution in [1.82, 2.24) is 0 Å². The van der Waals surface area contributed by atoms with E-state index >= 15 is 0 Å². The van der Waals surface area contributed by atoms with Crippen LogP contribution in [0.5, 0.6) is 5.75 Å². The highest BCUT2D eigenvalue weighted by molar-refractivity contribution is 5.74. The molecule has 1 N–H and O–H groups in total. The molecule has 0 bridgehead atoms. The molecule has 1 aliphatic heterocycles. The maximum Gasteiger partial charge on any atom is 0.167 e. The topological polar surface area (TPSA) is 24.5 Å². The van der Waals surface area contributed by atoms with E-state index in [0.29, 0.717) is 5.75 Å². The molecule has 1 aromatic rings. The van der Waals surface area contributed by atoms with Gasteiger partial charge in [-0.05, 0) is 19.3 Å². The van der Waals surface area contributed by atoms with Gasteiger partial charge in [0.2, 0.25) is 0 Å². The Balaban J connectivity index is 2.03. The number of rotatable bonds is 1. The minimum absolute atomic E-state index is 0.222. The van der Waals surface area contributed by atoms with E-state index in [1.54, 1.807) is 6.07 Å². The zero-order valence-corrected chi connectivity index (χ0v) is 12.3. The standard InChI is InChI=1S/C16H23FN2O/c1-19-14-11-15(20-2)12(17)10-13(14)18-9-8-16(19)6-4-3-5-7-16/h10-11,18H,3-9H2,1-2H3. The van der Waals surface area contributed by atoms with E-state index in [1.165, 1.54) is 39.2 Å². The normalized spacial score (nSPS) is 21.1. The summed E-state index contributed by atoms with van der Waals surface area (Å²) in [6.45, 7) is 0.906. The number of halogens is 1. The van der Waals surface area contributed by atoms with Crippen molar-refractivity contribution >= 4 is 11.4 Å². The van der Waals surface area contributed by atoms with Crippen molar-refractivity contribution < 1.29 is 9.13 Å². The van der Waals surface area contributed by atoms with Crippen LogP contribution in [0.25, 0.3) is 0 Å². The summed E-state index contributed by atoms with van der Waals surface area (Å²) in [4.78, 5) is 2.36. The van der Waals surface area contributed by atoms with Gasteiger partial charge in [-0.15, -0.1) is 0 Å². The molecule has 3 nitrogen and oxygen atoms in total. The molecule has 0 amide bonds. The number of ether oxygens (including phenoxy) is 1. The Hall–Kier alpha value is -1.45. The van der Waals surface area contributed by atoms with Crippen molar-refractivity contribution in [2.75, 3.05) is 30.9 Å². The Labute approximate surface area is 120 Å². The van der Waals surface area contributed by atoms with Gasteiger partial charge in [0.05, 0.1) is 18.5 Å². The van der Waals surface area contributed by atoms with E-state index in [2.05, 4.69) is 17.3 Å². The Bertz CT molecular complexity index is 497. The molecule has 1 spiro atoms. The van der Waals surface area contributed by atoms with Crippen molar-refractivity contribution in [3.8, 4) is 5.75 Å². The lowest BCUT2D eigenvalue weighted by Crippen LogP contribution is -2.48. The van der Waals surface area contributed by atoms with Crippen LogP contribution in [0, 0.1) is 5.82 Å². The number of anilines is 2. The van der Waals surface area contributed by atoms with Crippen molar-refractivity contribution in [2.24, 2.45) is 0 Å². The predicted octanol–water partition coefficient (Wildman–Crippen LogP) is 3.79. The number of benzene rings is 1. The van der Waals surface area contributed by atoms with Gasteiger partial charge in [-0.1, -0.05) is 19.3 Å². The van der Waals surface area contributed by atoms with E-state index in [4.69, 9.17) is 4.74 Å². The van der Waals surface area contributed by atoms with Gasteiger partial charge in [-0.2, -0.15) is 0 Å². The third kappa shape index (κ3) is 2.11. The van der Waals surface area contributed by atoms with Gasteiger partial charge in [-0.3, -0.25) is 0 Å². The zero-order valence-electron chi connectivity index (χ0n) is 12.3. The first-order valence-corrected chi connectivity index (χ1v) is 7.51. The molecule has 1 heterocycles. The second-order valence-corrected chi connectivity index (χ2v) is 6.02. The average Bonchev–Trinajstić information content (AvgIpc) is 2.58. The Morgan fingerprint density at radius 1 is 1.20 bits per heavy atom. The Morgan fingerprint density at radius 3 is 2.65 bits per heavy atom. The predicted molar refractivity (Wildman–Crippen MR) is 80.3 cm³/mol. The third-order valence-corrected chi connectivity index (χ3v) is 5.03. The third-order valence-electron chi connectivity index (χ3n) is 5.03. The fourth-order valence-corrected chi connectivity index (χ4v) is 3.77. The lowest BCUT2D eigenvalue weighted by atomic mass is 9.78. The molecule has 1 fully saturated rings. The van der Waals surface area contributed by atoms with Crippen LogP contribution in [0.1, 0.15) is 38.5 Å². The van der Waals surface area contributed by atoms with E-state index in [9.17, 15) is 4.39 Å². The number of hydrogen-bond donors (Lipinski definition) is 1. The molecule has 3 rings (SSSR count). The first-order chi connectivity index (χ1) is 9.66. The molecule has 0 unspecified atom stereocenters. The van der Waals surface area contributed by atoms with Gasteiger partial charge >= 0.3 is 0 Å². The molecule has 0 saturated heterocycles. The van der Waals surface area contributed by atoms with Crippen LogP contribution in [-0.2, 0) is 0 Å². The van der Waals surface area contributed by atoms with E-state index in [-0.39, 0.29) is 11.4 Å². The van der Waals surface area contributed by atoms with Crippen molar-refractivity contribution in [3.05, 3.63) is 17.9 Å². The van der Waals surface area contributed by atoms with Crippen LogP contribution >= 0.6 is 0 Å². The quantitative estimate of drug-likeness (QED) is 0.846. The van der Waals surface area contributed by atoms with Crippen LogP contribution < -0.4 is 15.0 Å². The number of nitrogens with zero attached hydrogens (tertiary/aromatic N) is 1. The fraction of sp³-hybridized carbons (Fsp3) is 0.625. The van der Waals surface area contributed by atoms with Crippen LogP contribution in [0.4, 0.5) is 15.8 Å². The molecule has 1 aromatic carbocycles. The van der Waals surface area contributed by atoms with Crippen molar-refractivity contribution in [1.29, 1.82) is 0 Å². The summed E-state index contributed by atoms with van der Waals surface area (Å²) in [5, 5.41) is 3.38. The Morgan fingerprint density at radius 2 is 1.95 bits per heavy atom. The summed E-state index contributed by atoms with van der Waals surface area (Å²) in [5.74, 6) is 0.0250. The highest BCUT2D eigenvalue weighted by atomic mass is 19.1. The lowest BCUT2D eigenvalue weighted by molar-refractivity contribution is 0.274. The smallest absolute Gasteiger partial charge is 0.167 e. The first-order valence-electron chi connectivity index (χ1n) is 7.51. The van der Waals surface area contributed by atoms with Gasteiger partial charge < -0.3 is 15.0 Å². The summed E-state index contributed by atoms with van der Waals surface area (Å²) in [6, 6.07) is 3.39. The monoisotopic (exact) mass is 278 g/mol. The molecular weight excluding hydrogens is 255 g/mol. The maximum absolute atomic E-state index is 13.9. The van der Waals surface area contributed by atoms with Crippen LogP contribution in [-0.4, -0.2) is 26.2 Å². The second-order valence-electron chi connectivity index (χ2n) is 6.02. The molecule has 0 atom stereocenters. The molecule has 0 aromatic heterocycles. The number of nitrogens with one attached hydrogen (secondary N) is 1. The molecule has 4 heteroatoms. The van der Waals surface area contributed by atoms with Gasteiger partial charge in [0.25, 0.3) is 0 Å². The molecule has 1 aliphatic carbocycles. The molecule has 0 radical (unpaired) electrons. The summed E-state index contributed by atoms with van der Waals surface area (Å²) in [6.07, 6.45) is 7.48. The maximum atomic E-state index is 13.9.